The summed E-state index contributed by atoms with van der Waals surface area (Å²) in [5, 5.41) is 8.82. The van der Waals surface area contributed by atoms with E-state index >= 15 is 0 Å². The first-order valence-corrected chi connectivity index (χ1v) is 9.40. The van der Waals surface area contributed by atoms with Gasteiger partial charge in [-0.05, 0) is 52.6 Å². The van der Waals surface area contributed by atoms with Crippen LogP contribution in [0.1, 0.15) is 22.3 Å². The van der Waals surface area contributed by atoms with Gasteiger partial charge < -0.3 is 0 Å². The highest BCUT2D eigenvalue weighted by Gasteiger charge is 2.07. The van der Waals surface area contributed by atoms with Gasteiger partial charge in [0.25, 0.3) is 0 Å². The molecule has 0 heterocycles. The van der Waals surface area contributed by atoms with Crippen LogP contribution in [-0.2, 0) is 11.2 Å². The highest BCUT2D eigenvalue weighted by Crippen LogP contribution is 2.27. The number of fused-ring (bicyclic) bond motifs is 2. The number of rotatable bonds is 4. The highest BCUT2D eigenvalue weighted by atomic mass is 16.2. The van der Waals surface area contributed by atoms with E-state index in [1.807, 2.05) is 44.2 Å². The Balaban J connectivity index is 1.61. The molecule has 1 amide bonds. The zero-order valence-electron chi connectivity index (χ0n) is 16.1. The summed E-state index contributed by atoms with van der Waals surface area (Å²) in [6.07, 6.45) is 2.08. The number of carbonyl (C=O) groups excluding carboxylic acids is 1. The molecule has 0 atom stereocenters. The number of nitrogens with one attached hydrogen (secondary N) is 1. The fraction of sp³-hybridized carbons (Fsp3) is 0.120. The smallest absolute Gasteiger partial charge is 0.244 e. The fourth-order valence-corrected chi connectivity index (χ4v) is 3.56. The van der Waals surface area contributed by atoms with Gasteiger partial charge >= 0.3 is 0 Å². The first kappa shape index (κ1) is 17.9. The summed E-state index contributed by atoms with van der Waals surface area (Å²) in [6, 6.07) is 24.8. The van der Waals surface area contributed by atoms with Crippen LogP contribution in [0.3, 0.4) is 0 Å². The summed E-state index contributed by atoms with van der Waals surface area (Å²) in [5.41, 5.74) is 7.00. The molecule has 0 aliphatic carbocycles. The average molecular weight is 366 g/mol. The van der Waals surface area contributed by atoms with Crippen molar-refractivity contribution in [3.05, 3.63) is 95.1 Å². The molecule has 0 saturated carbocycles. The van der Waals surface area contributed by atoms with E-state index in [4.69, 9.17) is 0 Å². The van der Waals surface area contributed by atoms with E-state index in [1.54, 1.807) is 6.21 Å². The maximum absolute atomic E-state index is 12.4. The number of aryl methyl sites for hydroxylation is 2. The van der Waals surface area contributed by atoms with Crippen molar-refractivity contribution in [2.45, 2.75) is 20.3 Å². The Kier molecular flexibility index (Phi) is 4.90. The lowest BCUT2D eigenvalue weighted by Gasteiger charge is -2.08. The summed E-state index contributed by atoms with van der Waals surface area (Å²) in [5.74, 6) is -0.116. The third-order valence-electron chi connectivity index (χ3n) is 5.05. The van der Waals surface area contributed by atoms with E-state index in [9.17, 15) is 4.79 Å². The molecule has 0 saturated heterocycles. The van der Waals surface area contributed by atoms with Crippen LogP contribution in [0.4, 0.5) is 0 Å². The SMILES string of the molecule is Cc1ccc(C)c(CC(=O)N/N=C\c2c3ccccc3cc3ccccc23)c1. The van der Waals surface area contributed by atoms with Crippen LogP contribution in [0, 0.1) is 13.8 Å². The van der Waals surface area contributed by atoms with Crippen molar-refractivity contribution in [3.63, 3.8) is 0 Å². The number of benzene rings is 4. The zero-order valence-corrected chi connectivity index (χ0v) is 16.1. The molecule has 0 bridgehead atoms. The Hall–Kier alpha value is -3.46. The predicted molar refractivity (Wildman–Crippen MR) is 117 cm³/mol. The standard InChI is InChI=1S/C25H22N2O/c1-17-11-12-18(2)21(13-17)15-25(28)27-26-16-24-22-9-5-3-7-19(22)14-20-8-4-6-10-23(20)24/h3-14,16H,15H2,1-2H3,(H,27,28)/b26-16-. The lowest BCUT2D eigenvalue weighted by Crippen LogP contribution is -2.20. The largest absolute Gasteiger partial charge is 0.273 e. The van der Waals surface area contributed by atoms with Crippen molar-refractivity contribution < 1.29 is 4.79 Å². The topological polar surface area (TPSA) is 41.5 Å². The van der Waals surface area contributed by atoms with E-state index in [-0.39, 0.29) is 5.91 Å². The van der Waals surface area contributed by atoms with Crippen LogP contribution in [0.5, 0.6) is 0 Å². The molecule has 4 aromatic rings. The van der Waals surface area contributed by atoms with Crippen molar-refractivity contribution in [1.82, 2.24) is 5.43 Å². The quantitative estimate of drug-likeness (QED) is 0.297. The molecule has 0 fully saturated rings. The van der Waals surface area contributed by atoms with Crippen LogP contribution in [0.2, 0.25) is 0 Å². The van der Waals surface area contributed by atoms with Crippen LogP contribution < -0.4 is 5.43 Å². The van der Waals surface area contributed by atoms with Gasteiger partial charge in [0.1, 0.15) is 0 Å². The van der Waals surface area contributed by atoms with Gasteiger partial charge in [-0.2, -0.15) is 5.10 Å². The molecule has 0 aliphatic rings. The molecule has 3 nitrogen and oxygen atoms in total. The zero-order chi connectivity index (χ0) is 19.5. The molecule has 1 N–H and O–H groups in total. The van der Waals surface area contributed by atoms with E-state index in [1.165, 1.54) is 0 Å². The first-order valence-electron chi connectivity index (χ1n) is 9.40. The van der Waals surface area contributed by atoms with Gasteiger partial charge in [-0.1, -0.05) is 72.3 Å². The molecule has 0 radical (unpaired) electrons. The van der Waals surface area contributed by atoms with Crippen molar-refractivity contribution in [2.24, 2.45) is 5.10 Å². The molecule has 0 aliphatic heterocycles. The number of hydrazone groups is 1. The second kappa shape index (κ2) is 7.65. The molecule has 138 valence electrons. The molecule has 28 heavy (non-hydrogen) atoms. The second-order valence-corrected chi connectivity index (χ2v) is 7.13. The van der Waals surface area contributed by atoms with Crippen LogP contribution in [0.15, 0.2) is 77.9 Å². The van der Waals surface area contributed by atoms with Gasteiger partial charge in [0.15, 0.2) is 0 Å². The monoisotopic (exact) mass is 366 g/mol. The van der Waals surface area contributed by atoms with Gasteiger partial charge in [-0.3, -0.25) is 4.79 Å². The summed E-state index contributed by atoms with van der Waals surface area (Å²) in [7, 11) is 0. The van der Waals surface area contributed by atoms with Crippen LogP contribution >= 0.6 is 0 Å². The molecule has 4 aromatic carbocycles. The Morgan fingerprint density at radius 1 is 0.893 bits per heavy atom. The van der Waals surface area contributed by atoms with Crippen molar-refractivity contribution >= 4 is 33.7 Å². The third kappa shape index (κ3) is 3.65. The number of hydrogen-bond acceptors (Lipinski definition) is 2. The number of hydrogen-bond donors (Lipinski definition) is 1. The molecular weight excluding hydrogens is 344 g/mol. The predicted octanol–water partition coefficient (Wildman–Crippen LogP) is 5.30. The maximum atomic E-state index is 12.4. The summed E-state index contributed by atoms with van der Waals surface area (Å²) < 4.78 is 0. The minimum absolute atomic E-state index is 0.116. The van der Waals surface area contributed by atoms with Gasteiger partial charge in [0, 0.05) is 5.56 Å². The van der Waals surface area contributed by atoms with Gasteiger partial charge in [-0.15, -0.1) is 0 Å². The normalized spacial score (nSPS) is 11.4. The third-order valence-corrected chi connectivity index (χ3v) is 5.05. The Bertz CT molecular complexity index is 1150. The van der Waals surface area contributed by atoms with E-state index in [0.717, 1.165) is 43.8 Å². The number of amides is 1. The lowest BCUT2D eigenvalue weighted by molar-refractivity contribution is -0.120. The van der Waals surface area contributed by atoms with E-state index < -0.39 is 0 Å². The lowest BCUT2D eigenvalue weighted by atomic mass is 9.97. The van der Waals surface area contributed by atoms with Gasteiger partial charge in [0.2, 0.25) is 5.91 Å². The summed E-state index contributed by atoms with van der Waals surface area (Å²) in [6.45, 7) is 4.05. The van der Waals surface area contributed by atoms with Crippen LogP contribution in [-0.4, -0.2) is 12.1 Å². The molecular formula is C25H22N2O. The molecule has 0 aromatic heterocycles. The highest BCUT2D eigenvalue weighted by molar-refractivity contribution is 6.13. The van der Waals surface area contributed by atoms with Gasteiger partial charge in [-0.25, -0.2) is 5.43 Å². The Morgan fingerprint density at radius 2 is 1.54 bits per heavy atom. The maximum Gasteiger partial charge on any atom is 0.244 e. The second-order valence-electron chi connectivity index (χ2n) is 7.13. The molecule has 0 unspecified atom stereocenters. The number of carbonyl (C=O) groups is 1. The van der Waals surface area contributed by atoms with E-state index in [0.29, 0.717) is 6.42 Å². The van der Waals surface area contributed by atoms with Crippen molar-refractivity contribution in [1.29, 1.82) is 0 Å². The Labute approximate surface area is 164 Å². The first-order chi connectivity index (χ1) is 13.6. The van der Waals surface area contributed by atoms with Crippen LogP contribution in [0.25, 0.3) is 21.5 Å². The fourth-order valence-electron chi connectivity index (χ4n) is 3.56. The molecule has 4 rings (SSSR count). The minimum Gasteiger partial charge on any atom is -0.273 e. The molecule has 3 heteroatoms. The number of nitrogens with zero attached hydrogens (tertiary/aromatic N) is 1. The minimum atomic E-state index is -0.116. The Morgan fingerprint density at radius 3 is 2.21 bits per heavy atom. The summed E-state index contributed by atoms with van der Waals surface area (Å²) >= 11 is 0. The van der Waals surface area contributed by atoms with Crippen molar-refractivity contribution in [3.8, 4) is 0 Å². The van der Waals surface area contributed by atoms with E-state index in [2.05, 4.69) is 53.0 Å². The average Bonchev–Trinajstić information content (AvgIpc) is 2.70. The van der Waals surface area contributed by atoms with Crippen molar-refractivity contribution in [2.75, 3.05) is 0 Å². The van der Waals surface area contributed by atoms with Gasteiger partial charge in [0.05, 0.1) is 12.6 Å². The summed E-state index contributed by atoms with van der Waals surface area (Å²) in [4.78, 5) is 12.4. The molecule has 0 spiro atoms.